The normalized spacial score (nSPS) is 47.0. The van der Waals surface area contributed by atoms with Gasteiger partial charge in [-0.3, -0.25) is 4.79 Å². The molecule has 0 aromatic rings. The number of carbonyl (C=O) groups is 1. The van der Waals surface area contributed by atoms with Crippen LogP contribution in [0.4, 0.5) is 0 Å². The van der Waals surface area contributed by atoms with Gasteiger partial charge >= 0.3 is 0 Å². The summed E-state index contributed by atoms with van der Waals surface area (Å²) in [5.74, 6) is 3.03. The molecule has 4 aliphatic carbocycles. The molecule has 3 fully saturated rings. The van der Waals surface area contributed by atoms with Crippen molar-refractivity contribution >= 4 is 5.78 Å². The van der Waals surface area contributed by atoms with Gasteiger partial charge in [-0.1, -0.05) is 59.3 Å². The Morgan fingerprint density at radius 2 is 1.71 bits per heavy atom. The number of allylic oxidation sites excluding steroid dienone is 3. The van der Waals surface area contributed by atoms with Crippen LogP contribution < -0.4 is 0 Å². The van der Waals surface area contributed by atoms with E-state index in [0.717, 1.165) is 19.3 Å². The molecule has 3 nitrogen and oxygen atoms in total. The Labute approximate surface area is 189 Å². The maximum absolute atomic E-state index is 13.3. The van der Waals surface area contributed by atoms with Crippen LogP contribution in [0.5, 0.6) is 0 Å². The third-order valence-corrected chi connectivity index (χ3v) is 10.5. The molecule has 3 heteroatoms. The van der Waals surface area contributed by atoms with E-state index in [4.69, 9.17) is 0 Å². The number of aliphatic hydroxyl groups excluding tert-OH is 1. The fourth-order valence-corrected chi connectivity index (χ4v) is 7.96. The van der Waals surface area contributed by atoms with Crippen molar-refractivity contribution in [1.82, 2.24) is 0 Å². The molecule has 2 N–H and O–H groups in total. The van der Waals surface area contributed by atoms with Crippen molar-refractivity contribution in [2.45, 2.75) is 98.2 Å². The Bertz CT molecular complexity index is 781. The Kier molecular flexibility index (Phi) is 5.87. The molecule has 3 saturated carbocycles. The molecule has 0 saturated heterocycles. The first kappa shape index (κ1) is 23.2. The van der Waals surface area contributed by atoms with Crippen LogP contribution in [0, 0.1) is 46.3 Å². The van der Waals surface area contributed by atoms with Crippen molar-refractivity contribution in [2.24, 2.45) is 46.3 Å². The molecule has 174 valence electrons. The number of hydrogen-bond donors (Lipinski definition) is 2. The highest BCUT2D eigenvalue weighted by molar-refractivity contribution is 5.99. The SMILES string of the molecule is CC(C)[C@@H](C)/C=C/[C@@H](C)[C@H]1CCC2C3=CC(=O)C4(O)C[C@@H](O)CCC4(C)C3CCC21C. The molecule has 0 bridgehead atoms. The van der Waals surface area contributed by atoms with Gasteiger partial charge in [0.25, 0.3) is 0 Å². The van der Waals surface area contributed by atoms with Crippen molar-refractivity contribution < 1.29 is 15.0 Å². The first-order valence-corrected chi connectivity index (χ1v) is 12.8. The fourth-order valence-electron chi connectivity index (χ4n) is 7.96. The van der Waals surface area contributed by atoms with Gasteiger partial charge in [-0.05, 0) is 85.5 Å². The van der Waals surface area contributed by atoms with Crippen LogP contribution in [0.3, 0.4) is 0 Å². The number of ketones is 1. The average molecular weight is 429 g/mol. The molecular weight excluding hydrogens is 384 g/mol. The van der Waals surface area contributed by atoms with Crippen LogP contribution in [0.2, 0.25) is 0 Å². The van der Waals surface area contributed by atoms with E-state index in [1.54, 1.807) is 0 Å². The molecular formula is C28H44O3. The van der Waals surface area contributed by atoms with E-state index in [-0.39, 0.29) is 23.5 Å². The molecule has 0 heterocycles. The van der Waals surface area contributed by atoms with Gasteiger partial charge in [-0.15, -0.1) is 0 Å². The van der Waals surface area contributed by atoms with E-state index in [0.29, 0.717) is 36.0 Å². The second-order valence-electron chi connectivity index (χ2n) is 12.4. The predicted molar refractivity (Wildman–Crippen MR) is 125 cm³/mol. The highest BCUT2D eigenvalue weighted by Crippen LogP contribution is 2.67. The molecule has 31 heavy (non-hydrogen) atoms. The molecule has 0 spiro atoms. The topological polar surface area (TPSA) is 57.5 Å². The number of hydrogen-bond acceptors (Lipinski definition) is 3. The van der Waals surface area contributed by atoms with Crippen molar-refractivity contribution in [3.63, 3.8) is 0 Å². The zero-order valence-electron chi connectivity index (χ0n) is 20.5. The molecule has 4 aliphatic rings. The minimum absolute atomic E-state index is 0.147. The molecule has 5 unspecified atom stereocenters. The lowest BCUT2D eigenvalue weighted by molar-refractivity contribution is -0.180. The lowest BCUT2D eigenvalue weighted by Gasteiger charge is -2.59. The standard InChI is InChI=1S/C28H44O3/c1-17(2)18(3)7-8-19(4)22-9-10-23-21-15-25(30)28(31)16-20(29)11-14-27(28,6)24(21)12-13-26(22,23)5/h7-8,15,17-20,22-24,29,31H,9-14,16H2,1-6H3/b8-7+/t18-,19+,20-,22+,23?,24?,26?,27?,28?/m0/s1. The van der Waals surface area contributed by atoms with Crippen LogP contribution >= 0.6 is 0 Å². The fraction of sp³-hybridized carbons (Fsp3) is 0.821. The lowest BCUT2D eigenvalue weighted by atomic mass is 9.46. The van der Waals surface area contributed by atoms with Crippen LogP contribution in [0.1, 0.15) is 86.5 Å². The number of aliphatic hydroxyl groups is 2. The Morgan fingerprint density at radius 1 is 1.00 bits per heavy atom. The summed E-state index contributed by atoms with van der Waals surface area (Å²) in [6, 6.07) is 0. The number of carbonyl (C=O) groups excluding carboxylic acids is 1. The van der Waals surface area contributed by atoms with E-state index in [1.807, 2.05) is 6.08 Å². The van der Waals surface area contributed by atoms with Crippen molar-refractivity contribution in [3.8, 4) is 0 Å². The van der Waals surface area contributed by atoms with Gasteiger partial charge in [-0.25, -0.2) is 0 Å². The van der Waals surface area contributed by atoms with E-state index < -0.39 is 17.1 Å². The van der Waals surface area contributed by atoms with Gasteiger partial charge in [-0.2, -0.15) is 0 Å². The summed E-state index contributed by atoms with van der Waals surface area (Å²) in [6.07, 6.45) is 12.4. The van der Waals surface area contributed by atoms with E-state index >= 15 is 0 Å². The molecule has 0 radical (unpaired) electrons. The number of rotatable bonds is 4. The van der Waals surface area contributed by atoms with Gasteiger partial charge < -0.3 is 10.2 Å². The molecule has 9 atom stereocenters. The highest BCUT2D eigenvalue weighted by atomic mass is 16.3. The van der Waals surface area contributed by atoms with Gasteiger partial charge in [0.15, 0.2) is 5.78 Å². The predicted octanol–water partition coefficient (Wildman–Crippen LogP) is 5.70. The van der Waals surface area contributed by atoms with E-state index in [1.165, 1.54) is 18.4 Å². The zero-order chi connectivity index (χ0) is 22.8. The van der Waals surface area contributed by atoms with Crippen LogP contribution in [-0.4, -0.2) is 27.7 Å². The van der Waals surface area contributed by atoms with Gasteiger partial charge in [0.05, 0.1) is 6.10 Å². The van der Waals surface area contributed by atoms with Crippen LogP contribution in [-0.2, 0) is 4.79 Å². The summed E-state index contributed by atoms with van der Waals surface area (Å²) in [7, 11) is 0. The summed E-state index contributed by atoms with van der Waals surface area (Å²) < 4.78 is 0. The Morgan fingerprint density at radius 3 is 2.39 bits per heavy atom. The average Bonchev–Trinajstić information content (AvgIpc) is 3.05. The summed E-state index contributed by atoms with van der Waals surface area (Å²) in [6.45, 7) is 13.9. The van der Waals surface area contributed by atoms with Crippen molar-refractivity contribution in [1.29, 1.82) is 0 Å². The molecule has 0 aliphatic heterocycles. The number of fused-ring (bicyclic) bond motifs is 5. The second-order valence-corrected chi connectivity index (χ2v) is 12.4. The Hall–Kier alpha value is -0.930. The van der Waals surface area contributed by atoms with Gasteiger partial charge in [0.2, 0.25) is 0 Å². The quantitative estimate of drug-likeness (QED) is 0.564. The van der Waals surface area contributed by atoms with E-state index in [9.17, 15) is 15.0 Å². The summed E-state index contributed by atoms with van der Waals surface area (Å²) in [5, 5.41) is 21.7. The molecule has 0 aromatic heterocycles. The van der Waals surface area contributed by atoms with Crippen LogP contribution in [0.15, 0.2) is 23.8 Å². The minimum atomic E-state index is -1.40. The molecule has 0 amide bonds. The van der Waals surface area contributed by atoms with Crippen molar-refractivity contribution in [2.75, 3.05) is 0 Å². The second kappa shape index (κ2) is 7.83. The van der Waals surface area contributed by atoms with E-state index in [2.05, 4.69) is 53.7 Å². The van der Waals surface area contributed by atoms with Crippen LogP contribution in [0.25, 0.3) is 0 Å². The first-order valence-electron chi connectivity index (χ1n) is 12.8. The van der Waals surface area contributed by atoms with Gasteiger partial charge in [0.1, 0.15) is 5.60 Å². The highest BCUT2D eigenvalue weighted by Gasteiger charge is 2.65. The first-order chi connectivity index (χ1) is 14.4. The molecule has 4 rings (SSSR count). The maximum atomic E-state index is 13.3. The molecule has 0 aromatic carbocycles. The zero-order valence-corrected chi connectivity index (χ0v) is 20.5. The summed E-state index contributed by atoms with van der Waals surface area (Å²) in [5.41, 5.74) is -0.275. The monoisotopic (exact) mass is 428 g/mol. The third kappa shape index (κ3) is 3.41. The van der Waals surface area contributed by atoms with Crippen molar-refractivity contribution in [3.05, 3.63) is 23.8 Å². The maximum Gasteiger partial charge on any atom is 0.187 e. The van der Waals surface area contributed by atoms with Gasteiger partial charge in [0, 0.05) is 11.8 Å². The Balaban J connectivity index is 1.62. The summed E-state index contributed by atoms with van der Waals surface area (Å²) >= 11 is 0. The smallest absolute Gasteiger partial charge is 0.187 e. The third-order valence-electron chi connectivity index (χ3n) is 10.5. The lowest BCUT2D eigenvalue weighted by Crippen LogP contribution is -2.64. The summed E-state index contributed by atoms with van der Waals surface area (Å²) in [4.78, 5) is 13.3. The largest absolute Gasteiger partial charge is 0.393 e. The minimum Gasteiger partial charge on any atom is -0.393 e.